The molecule has 0 spiro atoms. The molecule has 0 saturated carbocycles. The van der Waals surface area contributed by atoms with Crippen molar-refractivity contribution in [3.63, 3.8) is 0 Å². The lowest BCUT2D eigenvalue weighted by Crippen LogP contribution is -2.16. The summed E-state index contributed by atoms with van der Waals surface area (Å²) in [5, 5.41) is 8.76. The monoisotopic (exact) mass is 181 g/mol. The summed E-state index contributed by atoms with van der Waals surface area (Å²) < 4.78 is 5.32. The van der Waals surface area contributed by atoms with Crippen LogP contribution >= 0.6 is 0 Å². The Hall–Kier alpha value is -1.06. The summed E-state index contributed by atoms with van der Waals surface area (Å²) in [7, 11) is 1.99. The zero-order valence-corrected chi connectivity index (χ0v) is 7.86. The number of hydrogen-bond donors (Lipinski definition) is 1. The van der Waals surface area contributed by atoms with Crippen LogP contribution in [-0.2, 0) is 13.2 Å². The summed E-state index contributed by atoms with van der Waals surface area (Å²) in [6, 6.07) is 3.67. The van der Waals surface area contributed by atoms with Gasteiger partial charge in [0.15, 0.2) is 0 Å². The Morgan fingerprint density at radius 3 is 2.77 bits per heavy atom. The highest BCUT2D eigenvalue weighted by Gasteiger charge is 2.03. The minimum Gasteiger partial charge on any atom is -0.462 e. The molecule has 0 aromatic carbocycles. The number of aliphatic hydroxyl groups excluding tert-OH is 1. The van der Waals surface area contributed by atoms with E-state index in [0.717, 1.165) is 18.8 Å². The zero-order chi connectivity index (χ0) is 9.68. The molecule has 1 aromatic heterocycles. The predicted octanol–water partition coefficient (Wildman–Crippen LogP) is 1.39. The SMILES string of the molecule is C=CCN(C)Cc1ccc(CO)o1. The van der Waals surface area contributed by atoms with E-state index in [1.165, 1.54) is 0 Å². The highest BCUT2D eigenvalue weighted by Crippen LogP contribution is 2.09. The summed E-state index contributed by atoms with van der Waals surface area (Å²) in [6.07, 6.45) is 1.84. The van der Waals surface area contributed by atoms with Crippen molar-refractivity contribution in [2.24, 2.45) is 0 Å². The highest BCUT2D eigenvalue weighted by molar-refractivity contribution is 5.06. The van der Waals surface area contributed by atoms with Crippen molar-refractivity contribution in [2.45, 2.75) is 13.2 Å². The molecule has 1 N–H and O–H groups in total. The van der Waals surface area contributed by atoms with E-state index in [1.54, 1.807) is 6.07 Å². The van der Waals surface area contributed by atoms with Crippen LogP contribution in [-0.4, -0.2) is 23.6 Å². The molecular weight excluding hydrogens is 166 g/mol. The fourth-order valence-electron chi connectivity index (χ4n) is 1.14. The first kappa shape index (κ1) is 10.0. The van der Waals surface area contributed by atoms with E-state index in [4.69, 9.17) is 9.52 Å². The Labute approximate surface area is 78.3 Å². The van der Waals surface area contributed by atoms with E-state index < -0.39 is 0 Å². The maximum atomic E-state index is 8.76. The molecule has 0 aliphatic rings. The summed E-state index contributed by atoms with van der Waals surface area (Å²) >= 11 is 0. The molecule has 0 fully saturated rings. The van der Waals surface area contributed by atoms with Gasteiger partial charge in [0.05, 0.1) is 6.54 Å². The third-order valence-electron chi connectivity index (χ3n) is 1.74. The van der Waals surface area contributed by atoms with Gasteiger partial charge in [0, 0.05) is 6.54 Å². The fraction of sp³-hybridized carbons (Fsp3) is 0.400. The Bertz CT molecular complexity index is 268. The summed E-state index contributed by atoms with van der Waals surface area (Å²) in [6.45, 7) is 5.19. The summed E-state index contributed by atoms with van der Waals surface area (Å²) in [4.78, 5) is 2.08. The van der Waals surface area contributed by atoms with Crippen LogP contribution < -0.4 is 0 Å². The number of aliphatic hydroxyl groups is 1. The van der Waals surface area contributed by atoms with E-state index in [9.17, 15) is 0 Å². The Morgan fingerprint density at radius 2 is 2.23 bits per heavy atom. The number of nitrogens with zero attached hydrogens (tertiary/aromatic N) is 1. The molecule has 1 rings (SSSR count). The molecular formula is C10H15NO2. The first-order chi connectivity index (χ1) is 6.26. The second kappa shape index (κ2) is 4.84. The van der Waals surface area contributed by atoms with Gasteiger partial charge < -0.3 is 9.52 Å². The fourth-order valence-corrected chi connectivity index (χ4v) is 1.14. The molecule has 0 saturated heterocycles. The van der Waals surface area contributed by atoms with E-state index in [0.29, 0.717) is 5.76 Å². The van der Waals surface area contributed by atoms with Crippen LogP contribution in [0.25, 0.3) is 0 Å². The van der Waals surface area contributed by atoms with Crippen molar-refractivity contribution in [3.05, 3.63) is 36.3 Å². The van der Waals surface area contributed by atoms with Crippen LogP contribution in [0.2, 0.25) is 0 Å². The minimum absolute atomic E-state index is 0.0365. The van der Waals surface area contributed by atoms with Crippen molar-refractivity contribution >= 4 is 0 Å². The van der Waals surface area contributed by atoms with E-state index in [-0.39, 0.29) is 6.61 Å². The van der Waals surface area contributed by atoms with Gasteiger partial charge in [-0.05, 0) is 19.2 Å². The molecule has 0 atom stereocenters. The van der Waals surface area contributed by atoms with Gasteiger partial charge >= 0.3 is 0 Å². The second-order valence-electron chi connectivity index (χ2n) is 3.01. The molecule has 1 heterocycles. The lowest BCUT2D eigenvalue weighted by atomic mass is 10.4. The van der Waals surface area contributed by atoms with Crippen molar-refractivity contribution < 1.29 is 9.52 Å². The molecule has 0 unspecified atom stereocenters. The van der Waals surface area contributed by atoms with Crippen molar-refractivity contribution in [3.8, 4) is 0 Å². The molecule has 0 aliphatic heterocycles. The van der Waals surface area contributed by atoms with Crippen LogP contribution in [0, 0.1) is 0 Å². The second-order valence-corrected chi connectivity index (χ2v) is 3.01. The standard InChI is InChI=1S/C10H15NO2/c1-3-6-11(2)7-9-4-5-10(8-12)13-9/h3-5,12H,1,6-8H2,2H3. The van der Waals surface area contributed by atoms with E-state index >= 15 is 0 Å². The molecule has 0 radical (unpaired) electrons. The zero-order valence-electron chi connectivity index (χ0n) is 7.86. The smallest absolute Gasteiger partial charge is 0.129 e. The molecule has 0 amide bonds. The van der Waals surface area contributed by atoms with Gasteiger partial charge in [0.1, 0.15) is 18.1 Å². The topological polar surface area (TPSA) is 36.6 Å². The minimum atomic E-state index is -0.0365. The molecule has 72 valence electrons. The molecule has 3 nitrogen and oxygen atoms in total. The lowest BCUT2D eigenvalue weighted by Gasteiger charge is -2.11. The van der Waals surface area contributed by atoms with Gasteiger partial charge in [-0.15, -0.1) is 6.58 Å². The highest BCUT2D eigenvalue weighted by atomic mass is 16.4. The Kier molecular flexibility index (Phi) is 3.73. The molecule has 13 heavy (non-hydrogen) atoms. The van der Waals surface area contributed by atoms with E-state index in [1.807, 2.05) is 19.2 Å². The van der Waals surface area contributed by atoms with Gasteiger partial charge in [0.25, 0.3) is 0 Å². The average molecular weight is 181 g/mol. The van der Waals surface area contributed by atoms with Gasteiger partial charge in [0.2, 0.25) is 0 Å². The molecule has 0 aliphatic carbocycles. The van der Waals surface area contributed by atoms with Crippen LogP contribution in [0.15, 0.2) is 29.2 Å². The van der Waals surface area contributed by atoms with Crippen LogP contribution in [0.4, 0.5) is 0 Å². The van der Waals surface area contributed by atoms with Gasteiger partial charge in [-0.2, -0.15) is 0 Å². The number of furan rings is 1. The van der Waals surface area contributed by atoms with Crippen molar-refractivity contribution in [1.82, 2.24) is 4.90 Å². The normalized spacial score (nSPS) is 10.7. The number of rotatable bonds is 5. The van der Waals surface area contributed by atoms with E-state index in [2.05, 4.69) is 11.5 Å². The Balaban J connectivity index is 2.48. The predicted molar refractivity (Wildman–Crippen MR) is 51.2 cm³/mol. The quantitative estimate of drug-likeness (QED) is 0.697. The first-order valence-electron chi connectivity index (χ1n) is 4.24. The lowest BCUT2D eigenvalue weighted by molar-refractivity contribution is 0.235. The largest absolute Gasteiger partial charge is 0.462 e. The molecule has 1 aromatic rings. The average Bonchev–Trinajstić information content (AvgIpc) is 2.52. The third-order valence-corrected chi connectivity index (χ3v) is 1.74. The number of hydrogen-bond acceptors (Lipinski definition) is 3. The Morgan fingerprint density at radius 1 is 1.54 bits per heavy atom. The maximum absolute atomic E-state index is 8.76. The maximum Gasteiger partial charge on any atom is 0.129 e. The van der Waals surface area contributed by atoms with Gasteiger partial charge in [-0.25, -0.2) is 0 Å². The van der Waals surface area contributed by atoms with Crippen LogP contribution in [0.5, 0.6) is 0 Å². The first-order valence-corrected chi connectivity index (χ1v) is 4.24. The van der Waals surface area contributed by atoms with Crippen LogP contribution in [0.3, 0.4) is 0 Å². The van der Waals surface area contributed by atoms with Gasteiger partial charge in [-0.3, -0.25) is 4.90 Å². The molecule has 0 bridgehead atoms. The molecule has 3 heteroatoms. The summed E-state index contributed by atoms with van der Waals surface area (Å²) in [5.74, 6) is 1.48. The van der Waals surface area contributed by atoms with Crippen molar-refractivity contribution in [1.29, 1.82) is 0 Å². The van der Waals surface area contributed by atoms with Crippen LogP contribution in [0.1, 0.15) is 11.5 Å². The summed E-state index contributed by atoms with van der Waals surface area (Å²) in [5.41, 5.74) is 0. The third kappa shape index (κ3) is 3.05. The van der Waals surface area contributed by atoms with Crippen molar-refractivity contribution in [2.75, 3.05) is 13.6 Å². The van der Waals surface area contributed by atoms with Gasteiger partial charge in [-0.1, -0.05) is 6.08 Å². The number of likely N-dealkylation sites (N-methyl/N-ethyl adjacent to an activating group) is 1.